The van der Waals surface area contributed by atoms with Gasteiger partial charge in [0.05, 0.1) is 7.11 Å². The Morgan fingerprint density at radius 2 is 2.21 bits per heavy atom. The molecule has 14 heavy (non-hydrogen) atoms. The largest absolute Gasteiger partial charge is 0.468 e. The summed E-state index contributed by atoms with van der Waals surface area (Å²) >= 11 is 0. The molecular weight excluding hydrogens is 182 g/mol. The van der Waals surface area contributed by atoms with Crippen molar-refractivity contribution in [1.82, 2.24) is 4.90 Å². The van der Waals surface area contributed by atoms with Gasteiger partial charge in [-0.25, -0.2) is 0 Å². The highest BCUT2D eigenvalue weighted by Crippen LogP contribution is 2.27. The lowest BCUT2D eigenvalue weighted by atomic mass is 9.90. The van der Waals surface area contributed by atoms with Crippen LogP contribution >= 0.6 is 0 Å². The Kier molecular flexibility index (Phi) is 3.13. The van der Waals surface area contributed by atoms with E-state index in [1.165, 1.54) is 7.11 Å². The lowest BCUT2D eigenvalue weighted by Gasteiger charge is -2.41. The van der Waals surface area contributed by atoms with Crippen molar-refractivity contribution >= 4 is 11.9 Å². The maximum Gasteiger partial charge on any atom is 0.325 e. The zero-order chi connectivity index (χ0) is 10.8. The molecule has 80 valence electrons. The number of nitrogens with zero attached hydrogens (tertiary/aromatic N) is 1. The van der Waals surface area contributed by atoms with E-state index in [4.69, 9.17) is 0 Å². The van der Waals surface area contributed by atoms with Crippen LogP contribution in [0.5, 0.6) is 0 Å². The minimum Gasteiger partial charge on any atom is -0.468 e. The number of amides is 1. The summed E-state index contributed by atoms with van der Waals surface area (Å²) < 4.78 is 4.56. The topological polar surface area (TPSA) is 46.6 Å². The van der Waals surface area contributed by atoms with Crippen molar-refractivity contribution in [2.24, 2.45) is 0 Å². The molecule has 0 aromatic rings. The van der Waals surface area contributed by atoms with Crippen molar-refractivity contribution in [3.63, 3.8) is 0 Å². The second-order valence-corrected chi connectivity index (χ2v) is 4.22. The molecule has 0 bridgehead atoms. The Bertz CT molecular complexity index is 248. The SMILES string of the molecule is COC(=O)CN1C(=O)CCCC1(C)C. The lowest BCUT2D eigenvalue weighted by molar-refractivity contribution is -0.153. The standard InChI is InChI=1S/C10H17NO3/c1-10(2)6-4-5-8(12)11(10)7-9(13)14-3/h4-7H2,1-3H3. The van der Waals surface area contributed by atoms with E-state index in [1.54, 1.807) is 4.90 Å². The normalized spacial score (nSPS) is 20.8. The molecule has 0 unspecified atom stereocenters. The number of piperidine rings is 1. The van der Waals surface area contributed by atoms with E-state index in [2.05, 4.69) is 4.74 Å². The van der Waals surface area contributed by atoms with Crippen LogP contribution in [0.25, 0.3) is 0 Å². The average Bonchev–Trinajstić information content (AvgIpc) is 2.11. The summed E-state index contributed by atoms with van der Waals surface area (Å²) in [6.07, 6.45) is 2.39. The summed E-state index contributed by atoms with van der Waals surface area (Å²) in [5.41, 5.74) is -0.219. The number of hydrogen-bond acceptors (Lipinski definition) is 3. The van der Waals surface area contributed by atoms with E-state index in [1.807, 2.05) is 13.8 Å². The molecule has 0 saturated carbocycles. The van der Waals surface area contributed by atoms with Crippen LogP contribution in [0.15, 0.2) is 0 Å². The number of carbonyl (C=O) groups excluding carboxylic acids is 2. The minimum atomic E-state index is -0.353. The van der Waals surface area contributed by atoms with Crippen molar-refractivity contribution in [2.75, 3.05) is 13.7 Å². The molecule has 0 aromatic carbocycles. The Balaban J connectivity index is 2.70. The summed E-state index contributed by atoms with van der Waals surface area (Å²) in [5.74, 6) is -0.306. The first-order valence-corrected chi connectivity index (χ1v) is 4.84. The monoisotopic (exact) mass is 199 g/mol. The molecule has 1 heterocycles. The van der Waals surface area contributed by atoms with Crippen LogP contribution in [0.4, 0.5) is 0 Å². The molecule has 0 N–H and O–H groups in total. The summed E-state index contributed by atoms with van der Waals surface area (Å²) in [4.78, 5) is 24.3. The van der Waals surface area contributed by atoms with Gasteiger partial charge in [0.1, 0.15) is 6.54 Å². The fourth-order valence-electron chi connectivity index (χ4n) is 1.78. The van der Waals surface area contributed by atoms with Crippen molar-refractivity contribution < 1.29 is 14.3 Å². The molecule has 0 spiro atoms. The lowest BCUT2D eigenvalue weighted by Crippen LogP contribution is -2.52. The first-order valence-electron chi connectivity index (χ1n) is 4.84. The van der Waals surface area contributed by atoms with Gasteiger partial charge < -0.3 is 9.64 Å². The summed E-state index contributed by atoms with van der Waals surface area (Å²) in [6.45, 7) is 4.03. The van der Waals surface area contributed by atoms with Gasteiger partial charge in [0.2, 0.25) is 5.91 Å². The van der Waals surface area contributed by atoms with Gasteiger partial charge in [0.15, 0.2) is 0 Å². The van der Waals surface area contributed by atoms with Crippen LogP contribution in [-0.2, 0) is 14.3 Å². The average molecular weight is 199 g/mol. The summed E-state index contributed by atoms with van der Waals surface area (Å²) in [7, 11) is 1.34. The summed E-state index contributed by atoms with van der Waals surface area (Å²) in [5, 5.41) is 0. The number of methoxy groups -OCH3 is 1. The van der Waals surface area contributed by atoms with Gasteiger partial charge >= 0.3 is 5.97 Å². The fraction of sp³-hybridized carbons (Fsp3) is 0.800. The van der Waals surface area contributed by atoms with Gasteiger partial charge in [-0.15, -0.1) is 0 Å². The fourth-order valence-corrected chi connectivity index (χ4v) is 1.78. The smallest absolute Gasteiger partial charge is 0.325 e. The van der Waals surface area contributed by atoms with Crippen molar-refractivity contribution in [2.45, 2.75) is 38.6 Å². The molecule has 0 atom stereocenters. The van der Waals surface area contributed by atoms with E-state index in [-0.39, 0.29) is 24.0 Å². The van der Waals surface area contributed by atoms with Crippen LogP contribution in [-0.4, -0.2) is 36.0 Å². The van der Waals surface area contributed by atoms with Gasteiger partial charge in [-0.2, -0.15) is 0 Å². The highest BCUT2D eigenvalue weighted by Gasteiger charge is 2.35. The number of rotatable bonds is 2. The van der Waals surface area contributed by atoms with Crippen molar-refractivity contribution in [3.8, 4) is 0 Å². The molecule has 4 heteroatoms. The number of esters is 1. The Morgan fingerprint density at radius 3 is 2.71 bits per heavy atom. The molecule has 1 aliphatic rings. The Morgan fingerprint density at radius 1 is 1.57 bits per heavy atom. The van der Waals surface area contributed by atoms with E-state index in [9.17, 15) is 9.59 Å². The Hall–Kier alpha value is -1.06. The molecule has 0 radical (unpaired) electrons. The third-order valence-corrected chi connectivity index (χ3v) is 2.73. The quantitative estimate of drug-likeness (QED) is 0.622. The third kappa shape index (κ3) is 2.25. The van der Waals surface area contributed by atoms with E-state index in [0.29, 0.717) is 6.42 Å². The van der Waals surface area contributed by atoms with Crippen LogP contribution in [0.2, 0.25) is 0 Å². The van der Waals surface area contributed by atoms with Crippen LogP contribution < -0.4 is 0 Å². The first kappa shape index (κ1) is 11.0. The number of hydrogen-bond donors (Lipinski definition) is 0. The maximum absolute atomic E-state index is 11.6. The number of carbonyl (C=O) groups is 2. The van der Waals surface area contributed by atoms with Gasteiger partial charge in [-0.1, -0.05) is 0 Å². The van der Waals surface area contributed by atoms with Crippen LogP contribution in [0, 0.1) is 0 Å². The van der Waals surface area contributed by atoms with E-state index in [0.717, 1.165) is 12.8 Å². The second kappa shape index (κ2) is 3.98. The van der Waals surface area contributed by atoms with Gasteiger partial charge in [0, 0.05) is 12.0 Å². The molecule has 4 nitrogen and oxygen atoms in total. The van der Waals surface area contributed by atoms with E-state index < -0.39 is 0 Å². The molecule has 1 aliphatic heterocycles. The van der Waals surface area contributed by atoms with Gasteiger partial charge in [-0.3, -0.25) is 9.59 Å². The van der Waals surface area contributed by atoms with Crippen LogP contribution in [0.1, 0.15) is 33.1 Å². The molecule has 0 aromatic heterocycles. The maximum atomic E-state index is 11.6. The highest BCUT2D eigenvalue weighted by atomic mass is 16.5. The molecule has 1 fully saturated rings. The third-order valence-electron chi connectivity index (χ3n) is 2.73. The zero-order valence-corrected chi connectivity index (χ0v) is 9.00. The molecule has 1 saturated heterocycles. The number of ether oxygens (including phenoxy) is 1. The minimum absolute atomic E-state index is 0.0478. The predicted molar refractivity (Wildman–Crippen MR) is 51.7 cm³/mol. The second-order valence-electron chi connectivity index (χ2n) is 4.22. The predicted octanol–water partition coefficient (Wildman–Crippen LogP) is 0.950. The van der Waals surface area contributed by atoms with Gasteiger partial charge in [-0.05, 0) is 26.7 Å². The highest BCUT2D eigenvalue weighted by molar-refractivity contribution is 5.83. The van der Waals surface area contributed by atoms with Crippen LogP contribution in [0.3, 0.4) is 0 Å². The number of likely N-dealkylation sites (tertiary alicyclic amines) is 1. The summed E-state index contributed by atoms with van der Waals surface area (Å²) in [6, 6.07) is 0. The molecule has 0 aliphatic carbocycles. The van der Waals surface area contributed by atoms with Crippen molar-refractivity contribution in [1.29, 1.82) is 0 Å². The zero-order valence-electron chi connectivity index (χ0n) is 9.00. The molecule has 1 amide bonds. The Labute approximate surface area is 84.2 Å². The van der Waals surface area contributed by atoms with Gasteiger partial charge in [0.25, 0.3) is 0 Å². The molecular formula is C10H17NO3. The van der Waals surface area contributed by atoms with E-state index >= 15 is 0 Å². The molecule has 1 rings (SSSR count). The first-order chi connectivity index (χ1) is 6.47. The van der Waals surface area contributed by atoms with Crippen molar-refractivity contribution in [3.05, 3.63) is 0 Å².